The van der Waals surface area contributed by atoms with Gasteiger partial charge in [0.1, 0.15) is 11.6 Å². The molecule has 2 aromatic rings. The molecule has 0 radical (unpaired) electrons. The lowest BCUT2D eigenvalue weighted by Crippen LogP contribution is -2.24. The van der Waals surface area contributed by atoms with Crippen LogP contribution in [0.3, 0.4) is 0 Å². The average Bonchev–Trinajstić information content (AvgIpc) is 2.78. The topological polar surface area (TPSA) is 82.5 Å². The van der Waals surface area contributed by atoms with Crippen LogP contribution in [-0.4, -0.2) is 34.9 Å². The van der Waals surface area contributed by atoms with E-state index in [0.717, 1.165) is 17.8 Å². The van der Waals surface area contributed by atoms with Crippen LogP contribution >= 0.6 is 11.6 Å². The molecule has 1 heterocycles. The van der Waals surface area contributed by atoms with Crippen molar-refractivity contribution in [2.75, 3.05) is 18.5 Å². The van der Waals surface area contributed by atoms with Crippen LogP contribution in [0.5, 0.6) is 5.75 Å². The van der Waals surface area contributed by atoms with Crippen LogP contribution in [0.1, 0.15) is 11.4 Å². The Morgan fingerprint density at radius 3 is 2.64 bits per heavy atom. The highest BCUT2D eigenvalue weighted by Crippen LogP contribution is 2.24. The molecule has 0 saturated carbocycles. The molecule has 1 N–H and O–H groups in total. The van der Waals surface area contributed by atoms with E-state index < -0.39 is 30.9 Å². The molecule has 1 aromatic carbocycles. The van der Waals surface area contributed by atoms with Crippen molar-refractivity contribution in [2.24, 2.45) is 7.05 Å². The Bertz CT molecular complexity index is 807. The summed E-state index contributed by atoms with van der Waals surface area (Å²) in [5.41, 5.74) is 2.03. The third-order valence-electron chi connectivity index (χ3n) is 3.38. The van der Waals surface area contributed by atoms with Crippen LogP contribution in [0.2, 0.25) is 5.02 Å². The molecule has 0 bridgehead atoms. The van der Waals surface area contributed by atoms with Crippen molar-refractivity contribution in [1.29, 1.82) is 0 Å². The first-order valence-corrected chi connectivity index (χ1v) is 7.69. The number of esters is 1. The number of nitrogens with zero attached hydrogens (tertiary/aromatic N) is 2. The number of carbonyl (C=O) groups excluding carboxylic acids is 2. The second-order valence-corrected chi connectivity index (χ2v) is 5.65. The van der Waals surface area contributed by atoms with E-state index >= 15 is 0 Å². The van der Waals surface area contributed by atoms with Crippen molar-refractivity contribution in [3.63, 3.8) is 0 Å². The minimum absolute atomic E-state index is 0.0353. The maximum atomic E-state index is 12.9. The SMILES string of the molecule is Cc1nn(C)c(C)c1NC(=O)COC(=O)COc1ccc(F)cc1Cl. The third-order valence-corrected chi connectivity index (χ3v) is 3.67. The lowest BCUT2D eigenvalue weighted by atomic mass is 10.3. The van der Waals surface area contributed by atoms with Gasteiger partial charge in [0.25, 0.3) is 5.91 Å². The van der Waals surface area contributed by atoms with Crippen molar-refractivity contribution < 1.29 is 23.5 Å². The van der Waals surface area contributed by atoms with Crippen LogP contribution in [0.15, 0.2) is 18.2 Å². The molecule has 25 heavy (non-hydrogen) atoms. The van der Waals surface area contributed by atoms with Gasteiger partial charge in [0.2, 0.25) is 0 Å². The number of nitrogens with one attached hydrogen (secondary N) is 1. The van der Waals surface area contributed by atoms with Crippen LogP contribution in [0.4, 0.5) is 10.1 Å². The molecule has 0 spiro atoms. The van der Waals surface area contributed by atoms with E-state index in [1.807, 2.05) is 6.92 Å². The largest absolute Gasteiger partial charge is 0.480 e. The Labute approximate surface area is 148 Å². The number of benzene rings is 1. The summed E-state index contributed by atoms with van der Waals surface area (Å²) in [5, 5.41) is 6.85. The van der Waals surface area contributed by atoms with Gasteiger partial charge < -0.3 is 14.8 Å². The normalized spacial score (nSPS) is 10.4. The van der Waals surface area contributed by atoms with Crippen LogP contribution < -0.4 is 10.1 Å². The lowest BCUT2D eigenvalue weighted by Gasteiger charge is -2.09. The lowest BCUT2D eigenvalue weighted by molar-refractivity contribution is -0.149. The first-order valence-electron chi connectivity index (χ1n) is 7.31. The number of hydrogen-bond acceptors (Lipinski definition) is 5. The van der Waals surface area contributed by atoms with Gasteiger partial charge in [-0.3, -0.25) is 9.48 Å². The molecule has 0 aliphatic carbocycles. The second-order valence-electron chi connectivity index (χ2n) is 5.24. The van der Waals surface area contributed by atoms with E-state index in [0.29, 0.717) is 11.4 Å². The van der Waals surface area contributed by atoms with Gasteiger partial charge in [-0.15, -0.1) is 0 Å². The first kappa shape index (κ1) is 18.7. The standard InChI is InChI=1S/C16H17ClFN3O4/c1-9-16(10(2)21(3)20-9)19-14(22)7-25-15(23)8-24-13-5-4-11(18)6-12(13)17/h4-6H,7-8H2,1-3H3,(H,19,22). The molecule has 0 atom stereocenters. The molecule has 1 aromatic heterocycles. The minimum Gasteiger partial charge on any atom is -0.480 e. The fraction of sp³-hybridized carbons (Fsp3) is 0.312. The number of hydrogen-bond donors (Lipinski definition) is 1. The Morgan fingerprint density at radius 1 is 1.32 bits per heavy atom. The fourth-order valence-corrected chi connectivity index (χ4v) is 2.27. The van der Waals surface area contributed by atoms with Gasteiger partial charge in [0.05, 0.1) is 22.1 Å². The van der Waals surface area contributed by atoms with Crippen molar-refractivity contribution in [1.82, 2.24) is 9.78 Å². The molecule has 0 aliphatic heterocycles. The van der Waals surface area contributed by atoms with Crippen molar-refractivity contribution in [2.45, 2.75) is 13.8 Å². The van der Waals surface area contributed by atoms with Crippen LogP contribution in [0.25, 0.3) is 0 Å². The summed E-state index contributed by atoms with van der Waals surface area (Å²) in [6.45, 7) is 2.65. The number of aromatic nitrogens is 2. The highest BCUT2D eigenvalue weighted by molar-refractivity contribution is 6.32. The zero-order valence-corrected chi connectivity index (χ0v) is 14.7. The van der Waals surface area contributed by atoms with Gasteiger partial charge in [-0.2, -0.15) is 5.10 Å². The fourth-order valence-electron chi connectivity index (χ4n) is 2.05. The predicted octanol–water partition coefficient (Wildman–Crippen LogP) is 2.39. The Hall–Kier alpha value is -2.61. The van der Waals surface area contributed by atoms with E-state index in [9.17, 15) is 14.0 Å². The zero-order chi connectivity index (χ0) is 18.6. The third kappa shape index (κ3) is 4.93. The summed E-state index contributed by atoms with van der Waals surface area (Å²) >= 11 is 5.77. The monoisotopic (exact) mass is 369 g/mol. The van der Waals surface area contributed by atoms with Crippen molar-refractivity contribution >= 4 is 29.2 Å². The molecule has 134 valence electrons. The number of ether oxygens (including phenoxy) is 2. The summed E-state index contributed by atoms with van der Waals surface area (Å²) in [6.07, 6.45) is 0. The van der Waals surface area contributed by atoms with Gasteiger partial charge in [-0.1, -0.05) is 11.6 Å². The van der Waals surface area contributed by atoms with E-state index in [4.69, 9.17) is 21.1 Å². The Balaban J connectivity index is 1.80. The van der Waals surface area contributed by atoms with E-state index in [1.54, 1.807) is 18.7 Å². The Morgan fingerprint density at radius 2 is 2.04 bits per heavy atom. The molecular formula is C16H17ClFN3O4. The molecule has 7 nitrogen and oxygen atoms in total. The van der Waals surface area contributed by atoms with Gasteiger partial charge >= 0.3 is 5.97 Å². The molecule has 0 fully saturated rings. The smallest absolute Gasteiger partial charge is 0.344 e. The quantitative estimate of drug-likeness (QED) is 0.790. The van der Waals surface area contributed by atoms with Gasteiger partial charge in [-0.05, 0) is 32.0 Å². The summed E-state index contributed by atoms with van der Waals surface area (Å²) in [7, 11) is 1.76. The maximum absolute atomic E-state index is 12.9. The number of anilines is 1. The molecule has 2 rings (SSSR count). The highest BCUT2D eigenvalue weighted by atomic mass is 35.5. The average molecular weight is 370 g/mol. The summed E-state index contributed by atoms with van der Waals surface area (Å²) in [4.78, 5) is 23.5. The summed E-state index contributed by atoms with van der Waals surface area (Å²) in [5.74, 6) is -1.62. The van der Waals surface area contributed by atoms with E-state index in [1.165, 1.54) is 6.07 Å². The van der Waals surface area contributed by atoms with E-state index in [2.05, 4.69) is 10.4 Å². The number of amides is 1. The molecule has 1 amide bonds. The van der Waals surface area contributed by atoms with Crippen molar-refractivity contribution in [3.05, 3.63) is 40.4 Å². The Kier molecular flexibility index (Phi) is 5.97. The maximum Gasteiger partial charge on any atom is 0.344 e. The van der Waals surface area contributed by atoms with E-state index in [-0.39, 0.29) is 10.8 Å². The van der Waals surface area contributed by atoms with Gasteiger partial charge in [0, 0.05) is 7.05 Å². The van der Waals surface area contributed by atoms with Crippen LogP contribution in [-0.2, 0) is 21.4 Å². The molecular weight excluding hydrogens is 353 g/mol. The minimum atomic E-state index is -0.754. The predicted molar refractivity (Wildman–Crippen MR) is 89.2 cm³/mol. The first-order chi connectivity index (χ1) is 11.8. The number of halogens is 2. The number of aryl methyl sites for hydroxylation is 2. The van der Waals surface area contributed by atoms with Gasteiger partial charge in [-0.25, -0.2) is 9.18 Å². The molecule has 0 saturated heterocycles. The zero-order valence-electron chi connectivity index (χ0n) is 13.9. The van der Waals surface area contributed by atoms with Crippen LogP contribution in [0, 0.1) is 19.7 Å². The molecule has 0 aliphatic rings. The second kappa shape index (κ2) is 7.98. The highest BCUT2D eigenvalue weighted by Gasteiger charge is 2.14. The molecule has 9 heteroatoms. The summed E-state index contributed by atoms with van der Waals surface area (Å²) < 4.78 is 24.5. The summed E-state index contributed by atoms with van der Waals surface area (Å²) in [6, 6.07) is 3.51. The number of carbonyl (C=O) groups is 2. The number of rotatable bonds is 6. The van der Waals surface area contributed by atoms with Crippen molar-refractivity contribution in [3.8, 4) is 5.75 Å². The molecule has 0 unspecified atom stereocenters. The van der Waals surface area contributed by atoms with Gasteiger partial charge in [0.15, 0.2) is 13.2 Å².